The Bertz CT molecular complexity index is 905. The molecule has 3 aliphatic rings. The molecule has 0 aromatic heterocycles. The van der Waals surface area contributed by atoms with Crippen LogP contribution in [0.5, 0.6) is 5.75 Å². The Kier molecular flexibility index (Phi) is 5.86. The first-order chi connectivity index (χ1) is 15.2. The van der Waals surface area contributed by atoms with Crippen molar-refractivity contribution < 1.29 is 9.53 Å². The summed E-state index contributed by atoms with van der Waals surface area (Å²) in [6.07, 6.45) is 5.14. The molecule has 2 aliphatic carbocycles. The van der Waals surface area contributed by atoms with Crippen LogP contribution in [0.3, 0.4) is 0 Å². The molecule has 0 unspecified atom stereocenters. The number of ether oxygens (including phenoxy) is 1. The Morgan fingerprint density at radius 1 is 1.00 bits per heavy atom. The van der Waals surface area contributed by atoms with Gasteiger partial charge in [0.15, 0.2) is 0 Å². The van der Waals surface area contributed by atoms with E-state index in [2.05, 4.69) is 39.4 Å². The molecule has 0 radical (unpaired) electrons. The van der Waals surface area contributed by atoms with Crippen molar-refractivity contribution in [2.75, 3.05) is 38.2 Å². The standard InChI is InChI=1S/C26H33N3O2/c1-31-25-5-3-2-4-24(25)29-14-12-28(13-15-29)18-19-6-9-21(10-7-19)26(30)27-23-17-20-8-11-22(23)16-20/h2-7,9-10,20,22-23H,8,11-18H2,1H3,(H,27,30)/t20-,22-,23-/m1/s1. The molecule has 5 heteroatoms. The summed E-state index contributed by atoms with van der Waals surface area (Å²) in [5.74, 6) is 2.59. The number of hydrogen-bond acceptors (Lipinski definition) is 4. The maximum atomic E-state index is 12.7. The third kappa shape index (κ3) is 4.42. The van der Waals surface area contributed by atoms with E-state index >= 15 is 0 Å². The van der Waals surface area contributed by atoms with Gasteiger partial charge in [0, 0.05) is 44.3 Å². The van der Waals surface area contributed by atoms with Crippen molar-refractivity contribution in [3.05, 3.63) is 59.7 Å². The van der Waals surface area contributed by atoms with Crippen LogP contribution in [0.2, 0.25) is 0 Å². The summed E-state index contributed by atoms with van der Waals surface area (Å²) in [6, 6.07) is 16.8. The Morgan fingerprint density at radius 2 is 1.77 bits per heavy atom. The van der Waals surface area contributed by atoms with Gasteiger partial charge < -0.3 is 15.0 Å². The molecule has 0 spiro atoms. The van der Waals surface area contributed by atoms with Gasteiger partial charge in [-0.3, -0.25) is 9.69 Å². The Morgan fingerprint density at radius 3 is 2.45 bits per heavy atom. The summed E-state index contributed by atoms with van der Waals surface area (Å²) in [5.41, 5.74) is 3.23. The van der Waals surface area contributed by atoms with E-state index < -0.39 is 0 Å². The number of para-hydroxylation sites is 2. The van der Waals surface area contributed by atoms with Gasteiger partial charge in [0.05, 0.1) is 12.8 Å². The average Bonchev–Trinajstić information content (AvgIpc) is 3.43. The SMILES string of the molecule is COc1ccccc1N1CCN(Cc2ccc(C(=O)N[C@@H]3C[C@@H]4CC[C@@H]3C4)cc2)CC1. The molecule has 31 heavy (non-hydrogen) atoms. The lowest BCUT2D eigenvalue weighted by Gasteiger charge is -2.36. The number of benzene rings is 2. The first kappa shape index (κ1) is 20.4. The predicted octanol–water partition coefficient (Wildman–Crippen LogP) is 3.94. The van der Waals surface area contributed by atoms with Gasteiger partial charge in [-0.1, -0.05) is 30.7 Å². The van der Waals surface area contributed by atoms with E-state index in [0.717, 1.165) is 50.0 Å². The molecule has 5 nitrogen and oxygen atoms in total. The second-order valence-corrected chi connectivity index (χ2v) is 9.39. The number of amides is 1. The van der Waals surface area contributed by atoms with Crippen LogP contribution in [0.4, 0.5) is 5.69 Å². The minimum Gasteiger partial charge on any atom is -0.495 e. The van der Waals surface area contributed by atoms with Gasteiger partial charge in [-0.05, 0) is 60.9 Å². The van der Waals surface area contributed by atoms with Crippen LogP contribution in [0.25, 0.3) is 0 Å². The summed E-state index contributed by atoms with van der Waals surface area (Å²) in [6.45, 7) is 4.94. The van der Waals surface area contributed by atoms with Crippen LogP contribution in [-0.4, -0.2) is 50.1 Å². The fraction of sp³-hybridized carbons (Fsp3) is 0.500. The molecule has 3 atom stereocenters. The van der Waals surface area contributed by atoms with Crippen molar-refractivity contribution in [2.24, 2.45) is 11.8 Å². The molecule has 2 bridgehead atoms. The quantitative estimate of drug-likeness (QED) is 0.770. The molecular weight excluding hydrogens is 386 g/mol. The van der Waals surface area contributed by atoms with Gasteiger partial charge in [0.25, 0.3) is 5.91 Å². The second-order valence-electron chi connectivity index (χ2n) is 9.39. The van der Waals surface area contributed by atoms with Crippen LogP contribution in [0.1, 0.15) is 41.6 Å². The highest BCUT2D eigenvalue weighted by Crippen LogP contribution is 2.44. The summed E-state index contributed by atoms with van der Waals surface area (Å²) in [7, 11) is 1.73. The van der Waals surface area contributed by atoms with E-state index in [1.807, 2.05) is 24.3 Å². The van der Waals surface area contributed by atoms with Crippen molar-refractivity contribution in [2.45, 2.75) is 38.3 Å². The number of nitrogens with zero attached hydrogens (tertiary/aromatic N) is 2. The number of carbonyl (C=O) groups is 1. The van der Waals surface area contributed by atoms with Gasteiger partial charge >= 0.3 is 0 Å². The van der Waals surface area contributed by atoms with Crippen molar-refractivity contribution in [3.8, 4) is 5.75 Å². The number of anilines is 1. The molecule has 5 rings (SSSR count). The van der Waals surface area contributed by atoms with Crippen molar-refractivity contribution in [3.63, 3.8) is 0 Å². The summed E-state index contributed by atoms with van der Waals surface area (Å²) < 4.78 is 5.52. The van der Waals surface area contributed by atoms with Gasteiger partial charge in [-0.2, -0.15) is 0 Å². The predicted molar refractivity (Wildman–Crippen MR) is 124 cm³/mol. The lowest BCUT2D eigenvalue weighted by atomic mass is 9.95. The van der Waals surface area contributed by atoms with Gasteiger partial charge in [0.1, 0.15) is 5.75 Å². The van der Waals surface area contributed by atoms with Crippen LogP contribution in [0, 0.1) is 11.8 Å². The highest BCUT2D eigenvalue weighted by molar-refractivity contribution is 5.94. The lowest BCUT2D eigenvalue weighted by molar-refractivity contribution is 0.0923. The second kappa shape index (κ2) is 8.91. The minimum absolute atomic E-state index is 0.0922. The molecule has 2 saturated carbocycles. The normalized spacial score (nSPS) is 25.6. The zero-order valence-electron chi connectivity index (χ0n) is 18.4. The van der Waals surface area contributed by atoms with Crippen molar-refractivity contribution >= 4 is 11.6 Å². The average molecular weight is 420 g/mol. The lowest BCUT2D eigenvalue weighted by Crippen LogP contribution is -2.46. The highest BCUT2D eigenvalue weighted by Gasteiger charge is 2.40. The maximum absolute atomic E-state index is 12.7. The molecule has 1 N–H and O–H groups in total. The smallest absolute Gasteiger partial charge is 0.251 e. The number of piperazine rings is 1. The Labute approximate surface area is 185 Å². The molecule has 1 saturated heterocycles. The number of nitrogens with one attached hydrogen (secondary N) is 1. The van der Waals surface area contributed by atoms with Crippen molar-refractivity contribution in [1.82, 2.24) is 10.2 Å². The van der Waals surface area contributed by atoms with Crippen LogP contribution in [0.15, 0.2) is 48.5 Å². The largest absolute Gasteiger partial charge is 0.495 e. The number of fused-ring (bicyclic) bond motifs is 2. The number of hydrogen-bond donors (Lipinski definition) is 1. The first-order valence-corrected chi connectivity index (χ1v) is 11.7. The molecule has 3 fully saturated rings. The Hall–Kier alpha value is -2.53. The van der Waals surface area contributed by atoms with Crippen LogP contribution in [-0.2, 0) is 6.54 Å². The fourth-order valence-corrected chi connectivity index (χ4v) is 5.73. The molecule has 164 valence electrons. The molecule has 1 aliphatic heterocycles. The third-order valence-electron chi connectivity index (χ3n) is 7.48. The molecule has 1 amide bonds. The zero-order chi connectivity index (χ0) is 21.2. The maximum Gasteiger partial charge on any atom is 0.251 e. The number of carbonyl (C=O) groups excluding carboxylic acids is 1. The zero-order valence-corrected chi connectivity index (χ0v) is 18.4. The van der Waals surface area contributed by atoms with E-state index in [1.54, 1.807) is 7.11 Å². The van der Waals surface area contributed by atoms with E-state index in [-0.39, 0.29) is 5.91 Å². The summed E-state index contributed by atoms with van der Waals surface area (Å²) in [5, 5.41) is 3.29. The molecule has 2 aromatic carbocycles. The van der Waals surface area contributed by atoms with Crippen molar-refractivity contribution in [1.29, 1.82) is 0 Å². The summed E-state index contributed by atoms with van der Waals surface area (Å²) >= 11 is 0. The van der Waals surface area contributed by atoms with E-state index in [9.17, 15) is 4.79 Å². The van der Waals surface area contributed by atoms with E-state index in [1.165, 1.54) is 36.9 Å². The molecule has 2 aromatic rings. The minimum atomic E-state index is 0.0922. The van der Waals surface area contributed by atoms with Crippen LogP contribution >= 0.6 is 0 Å². The van der Waals surface area contributed by atoms with Gasteiger partial charge in [0.2, 0.25) is 0 Å². The van der Waals surface area contributed by atoms with Crippen LogP contribution < -0.4 is 15.0 Å². The third-order valence-corrected chi connectivity index (χ3v) is 7.48. The van der Waals surface area contributed by atoms with E-state index in [0.29, 0.717) is 12.0 Å². The Balaban J connectivity index is 1.12. The molecular formula is C26H33N3O2. The number of rotatable bonds is 6. The number of methoxy groups -OCH3 is 1. The first-order valence-electron chi connectivity index (χ1n) is 11.7. The fourth-order valence-electron chi connectivity index (χ4n) is 5.73. The summed E-state index contributed by atoms with van der Waals surface area (Å²) in [4.78, 5) is 17.5. The topological polar surface area (TPSA) is 44.8 Å². The highest BCUT2D eigenvalue weighted by atomic mass is 16.5. The van der Waals surface area contributed by atoms with Gasteiger partial charge in [-0.25, -0.2) is 0 Å². The molecule has 1 heterocycles. The van der Waals surface area contributed by atoms with E-state index in [4.69, 9.17) is 4.74 Å². The van der Waals surface area contributed by atoms with Gasteiger partial charge in [-0.15, -0.1) is 0 Å². The monoisotopic (exact) mass is 419 g/mol.